The van der Waals surface area contributed by atoms with Crippen molar-refractivity contribution < 1.29 is 9.90 Å². The van der Waals surface area contributed by atoms with Crippen LogP contribution in [0.4, 0.5) is 5.82 Å². The first kappa shape index (κ1) is 17.4. The maximum absolute atomic E-state index is 12.3. The van der Waals surface area contributed by atoms with Gasteiger partial charge in [-0.1, -0.05) is 17.7 Å². The number of carbonyl (C=O) groups is 1. The van der Waals surface area contributed by atoms with E-state index in [1.54, 1.807) is 6.20 Å². The summed E-state index contributed by atoms with van der Waals surface area (Å²) in [5, 5.41) is 12.6. The lowest BCUT2D eigenvalue weighted by atomic mass is 10.1. The molecule has 0 radical (unpaired) electrons. The predicted octanol–water partition coefficient (Wildman–Crippen LogP) is 1.31. The van der Waals surface area contributed by atoms with Gasteiger partial charge in [0.05, 0.1) is 11.7 Å². The van der Waals surface area contributed by atoms with Gasteiger partial charge in [-0.3, -0.25) is 9.59 Å². The molecule has 0 saturated carbocycles. The molecule has 1 aliphatic heterocycles. The third-order valence-electron chi connectivity index (χ3n) is 4.12. The fraction of sp³-hybridized carbons (Fsp3) is 0.353. The zero-order chi connectivity index (χ0) is 17.8. The lowest BCUT2D eigenvalue weighted by Gasteiger charge is -2.32. The summed E-state index contributed by atoms with van der Waals surface area (Å²) in [6.45, 7) is 1.64. The number of halogens is 1. The number of rotatable bonds is 4. The number of piperidine rings is 1. The highest BCUT2D eigenvalue weighted by Gasteiger charge is 2.21. The summed E-state index contributed by atoms with van der Waals surface area (Å²) in [5.74, 6) is 0.424. The molecule has 0 aliphatic carbocycles. The Morgan fingerprint density at radius 2 is 2.36 bits per heavy atom. The molecule has 3 N–H and O–H groups in total. The second kappa shape index (κ2) is 7.67. The summed E-state index contributed by atoms with van der Waals surface area (Å²) in [7, 11) is 0. The molecule has 0 aromatic carbocycles. The molecule has 1 aliphatic rings. The van der Waals surface area contributed by atoms with E-state index in [9.17, 15) is 14.7 Å². The number of aromatic amines is 1. The van der Waals surface area contributed by atoms with Gasteiger partial charge in [0.2, 0.25) is 0 Å². The van der Waals surface area contributed by atoms with E-state index in [2.05, 4.69) is 15.3 Å². The van der Waals surface area contributed by atoms with Crippen molar-refractivity contribution in [1.29, 1.82) is 0 Å². The molecule has 0 spiro atoms. The third kappa shape index (κ3) is 4.18. The van der Waals surface area contributed by atoms with E-state index in [0.29, 0.717) is 6.54 Å². The second-order valence-corrected chi connectivity index (χ2v) is 6.38. The first-order valence-corrected chi connectivity index (χ1v) is 8.45. The van der Waals surface area contributed by atoms with E-state index < -0.39 is 5.56 Å². The van der Waals surface area contributed by atoms with Gasteiger partial charge < -0.3 is 20.3 Å². The first-order chi connectivity index (χ1) is 12.0. The molecule has 132 valence electrons. The monoisotopic (exact) mass is 362 g/mol. The number of β-amino-alcohol motifs (C(OH)–C–C–N with tert-alkyl or cyclic N) is 1. The SMILES string of the molecule is O=C(NCc1cccnc1N1CCC[C@H](O)C1)c1c[nH]c(=O)c(Cl)c1. The van der Waals surface area contributed by atoms with Crippen molar-refractivity contribution in [2.24, 2.45) is 0 Å². The van der Waals surface area contributed by atoms with Crippen LogP contribution in [-0.2, 0) is 6.54 Å². The van der Waals surface area contributed by atoms with Crippen LogP contribution in [0.5, 0.6) is 0 Å². The number of hydrogen-bond acceptors (Lipinski definition) is 5. The molecule has 1 atom stereocenters. The molecule has 0 unspecified atom stereocenters. The predicted molar refractivity (Wildman–Crippen MR) is 94.9 cm³/mol. The summed E-state index contributed by atoms with van der Waals surface area (Å²) < 4.78 is 0. The van der Waals surface area contributed by atoms with E-state index in [0.717, 1.165) is 30.8 Å². The van der Waals surface area contributed by atoms with Crippen LogP contribution in [0, 0.1) is 0 Å². The molecule has 1 saturated heterocycles. The van der Waals surface area contributed by atoms with Crippen LogP contribution in [0.3, 0.4) is 0 Å². The number of nitrogens with zero attached hydrogens (tertiary/aromatic N) is 2. The number of H-pyrrole nitrogens is 1. The highest BCUT2D eigenvalue weighted by Crippen LogP contribution is 2.21. The van der Waals surface area contributed by atoms with Crippen LogP contribution in [0.1, 0.15) is 28.8 Å². The minimum Gasteiger partial charge on any atom is -0.391 e. The van der Waals surface area contributed by atoms with Crippen LogP contribution in [0.2, 0.25) is 5.02 Å². The average molecular weight is 363 g/mol. The maximum atomic E-state index is 12.3. The van der Waals surface area contributed by atoms with Crippen LogP contribution in [0.25, 0.3) is 0 Å². The van der Waals surface area contributed by atoms with Crippen LogP contribution >= 0.6 is 11.6 Å². The van der Waals surface area contributed by atoms with Gasteiger partial charge >= 0.3 is 0 Å². The van der Waals surface area contributed by atoms with Gasteiger partial charge in [0.1, 0.15) is 10.8 Å². The lowest BCUT2D eigenvalue weighted by Crippen LogP contribution is -2.39. The largest absolute Gasteiger partial charge is 0.391 e. The third-order valence-corrected chi connectivity index (χ3v) is 4.40. The fourth-order valence-electron chi connectivity index (χ4n) is 2.86. The Labute approximate surface area is 149 Å². The minimum atomic E-state index is -0.434. The van der Waals surface area contributed by atoms with Crippen molar-refractivity contribution in [3.63, 3.8) is 0 Å². The Balaban J connectivity index is 1.71. The van der Waals surface area contributed by atoms with Gasteiger partial charge in [-0.15, -0.1) is 0 Å². The summed E-state index contributed by atoms with van der Waals surface area (Å²) in [5.41, 5.74) is 0.709. The van der Waals surface area contributed by atoms with Crippen molar-refractivity contribution in [2.75, 3.05) is 18.0 Å². The highest BCUT2D eigenvalue weighted by atomic mass is 35.5. The molecule has 8 heteroatoms. The molecule has 1 amide bonds. The molecule has 7 nitrogen and oxygen atoms in total. The zero-order valence-corrected chi connectivity index (χ0v) is 14.3. The number of pyridine rings is 2. The highest BCUT2D eigenvalue weighted by molar-refractivity contribution is 6.30. The molecular formula is C17H19ClN4O3. The van der Waals surface area contributed by atoms with Gasteiger partial charge in [-0.05, 0) is 25.0 Å². The Kier molecular flexibility index (Phi) is 5.35. The number of anilines is 1. The number of aliphatic hydroxyl groups excluding tert-OH is 1. The van der Waals surface area contributed by atoms with Crippen molar-refractivity contribution in [2.45, 2.75) is 25.5 Å². The van der Waals surface area contributed by atoms with E-state index in [4.69, 9.17) is 11.6 Å². The van der Waals surface area contributed by atoms with E-state index in [1.807, 2.05) is 17.0 Å². The molecule has 0 bridgehead atoms. The molecule has 2 aromatic rings. The zero-order valence-electron chi connectivity index (χ0n) is 13.5. The second-order valence-electron chi connectivity index (χ2n) is 5.98. The van der Waals surface area contributed by atoms with Crippen molar-refractivity contribution in [3.8, 4) is 0 Å². The van der Waals surface area contributed by atoms with Gasteiger partial charge in [-0.2, -0.15) is 0 Å². The Morgan fingerprint density at radius 1 is 1.52 bits per heavy atom. The number of hydrogen-bond donors (Lipinski definition) is 3. The van der Waals surface area contributed by atoms with E-state index in [-0.39, 0.29) is 29.1 Å². The quantitative estimate of drug-likeness (QED) is 0.761. The summed E-state index contributed by atoms with van der Waals surface area (Å²) in [4.78, 5) is 32.4. The van der Waals surface area contributed by atoms with Crippen LogP contribution < -0.4 is 15.8 Å². The minimum absolute atomic E-state index is 0.0305. The Hall–Kier alpha value is -2.38. The standard InChI is InChI=1S/C17H19ClN4O3/c18-14-7-12(9-21-17(14)25)16(24)20-8-11-3-1-5-19-15(11)22-6-2-4-13(23)10-22/h1,3,5,7,9,13,23H,2,4,6,8,10H2,(H,20,24)(H,21,25)/t13-/m0/s1. The van der Waals surface area contributed by atoms with Crippen LogP contribution in [-0.4, -0.2) is 40.2 Å². The smallest absolute Gasteiger partial charge is 0.266 e. The van der Waals surface area contributed by atoms with Crippen LogP contribution in [0.15, 0.2) is 35.4 Å². The summed E-state index contributed by atoms with van der Waals surface area (Å²) in [6.07, 6.45) is 4.36. The van der Waals surface area contributed by atoms with Gasteiger partial charge in [0, 0.05) is 37.6 Å². The van der Waals surface area contributed by atoms with Crippen molar-refractivity contribution >= 4 is 23.3 Å². The summed E-state index contributed by atoms with van der Waals surface area (Å²) >= 11 is 5.75. The number of carbonyl (C=O) groups excluding carboxylic acids is 1. The van der Waals surface area contributed by atoms with E-state index >= 15 is 0 Å². The molecule has 3 rings (SSSR count). The van der Waals surface area contributed by atoms with Crippen molar-refractivity contribution in [1.82, 2.24) is 15.3 Å². The lowest BCUT2D eigenvalue weighted by molar-refractivity contribution is 0.0950. The van der Waals surface area contributed by atoms with Gasteiger partial charge in [0.15, 0.2) is 0 Å². The first-order valence-electron chi connectivity index (χ1n) is 8.08. The average Bonchev–Trinajstić information content (AvgIpc) is 2.62. The molecule has 3 heterocycles. The van der Waals surface area contributed by atoms with E-state index in [1.165, 1.54) is 12.3 Å². The maximum Gasteiger partial charge on any atom is 0.266 e. The fourth-order valence-corrected chi connectivity index (χ4v) is 3.04. The molecular weight excluding hydrogens is 344 g/mol. The topological polar surface area (TPSA) is 98.3 Å². The normalized spacial score (nSPS) is 17.4. The number of nitrogens with one attached hydrogen (secondary N) is 2. The van der Waals surface area contributed by atoms with Crippen molar-refractivity contribution in [3.05, 3.63) is 57.1 Å². The molecule has 2 aromatic heterocycles. The summed E-state index contributed by atoms with van der Waals surface area (Å²) in [6, 6.07) is 5.03. The molecule has 1 fully saturated rings. The Bertz CT molecular complexity index is 824. The number of aromatic nitrogens is 2. The number of aliphatic hydroxyl groups is 1. The number of amides is 1. The molecule has 25 heavy (non-hydrogen) atoms. The van der Waals surface area contributed by atoms with Gasteiger partial charge in [0.25, 0.3) is 11.5 Å². The van der Waals surface area contributed by atoms with Gasteiger partial charge in [-0.25, -0.2) is 4.98 Å². The Morgan fingerprint density at radius 3 is 3.12 bits per heavy atom.